The van der Waals surface area contributed by atoms with E-state index in [1.54, 1.807) is 14.1 Å². The number of rotatable bonds is 3. The molecule has 20 heavy (non-hydrogen) atoms. The van der Waals surface area contributed by atoms with E-state index in [9.17, 15) is 14.4 Å². The molecule has 2 aliphatic carbocycles. The van der Waals surface area contributed by atoms with E-state index >= 15 is 0 Å². The molecule has 5 atom stereocenters. The molecule has 1 heterocycles. The second-order valence-corrected chi connectivity index (χ2v) is 6.20. The number of carbonyl (C=O) groups is 3. The van der Waals surface area contributed by atoms with Crippen LogP contribution in [0.2, 0.25) is 0 Å². The van der Waals surface area contributed by atoms with Gasteiger partial charge in [0.05, 0.1) is 11.8 Å². The molecule has 3 rings (SSSR count). The van der Waals surface area contributed by atoms with Crippen LogP contribution in [0.5, 0.6) is 0 Å². The first-order valence-electron chi connectivity index (χ1n) is 7.23. The van der Waals surface area contributed by atoms with Gasteiger partial charge in [-0.2, -0.15) is 0 Å². The van der Waals surface area contributed by atoms with E-state index in [1.807, 2.05) is 6.92 Å². The molecule has 2 bridgehead atoms. The Morgan fingerprint density at radius 3 is 2.15 bits per heavy atom. The molecule has 3 amide bonds. The molecule has 3 aliphatic rings. The van der Waals surface area contributed by atoms with Crippen molar-refractivity contribution in [2.75, 3.05) is 14.1 Å². The predicted molar refractivity (Wildman–Crippen MR) is 72.3 cm³/mol. The van der Waals surface area contributed by atoms with E-state index in [2.05, 4.69) is 12.2 Å². The van der Waals surface area contributed by atoms with Gasteiger partial charge in [0.2, 0.25) is 17.7 Å². The summed E-state index contributed by atoms with van der Waals surface area (Å²) in [6, 6.07) is -0.644. The van der Waals surface area contributed by atoms with Crippen LogP contribution in [0.3, 0.4) is 0 Å². The van der Waals surface area contributed by atoms with Crippen molar-refractivity contribution >= 4 is 17.7 Å². The number of likely N-dealkylation sites (tertiary alicyclic amines) is 1. The second kappa shape index (κ2) is 4.43. The molecular formula is C15H20N2O3. The molecule has 0 N–H and O–H groups in total. The monoisotopic (exact) mass is 276 g/mol. The smallest absolute Gasteiger partial charge is 0.245 e. The minimum atomic E-state index is -0.644. The van der Waals surface area contributed by atoms with Crippen LogP contribution in [-0.4, -0.2) is 47.7 Å². The van der Waals surface area contributed by atoms with Crippen molar-refractivity contribution in [3.05, 3.63) is 12.2 Å². The van der Waals surface area contributed by atoms with Gasteiger partial charge in [-0.3, -0.25) is 19.3 Å². The Morgan fingerprint density at radius 2 is 1.75 bits per heavy atom. The molecule has 5 unspecified atom stereocenters. The molecular weight excluding hydrogens is 256 g/mol. The second-order valence-electron chi connectivity index (χ2n) is 6.20. The van der Waals surface area contributed by atoms with Gasteiger partial charge in [0.1, 0.15) is 6.04 Å². The van der Waals surface area contributed by atoms with Crippen LogP contribution in [0.4, 0.5) is 0 Å². The number of nitrogens with zero attached hydrogens (tertiary/aromatic N) is 2. The van der Waals surface area contributed by atoms with Crippen LogP contribution < -0.4 is 0 Å². The maximum Gasteiger partial charge on any atom is 0.245 e. The number of allylic oxidation sites excluding steroid dienone is 2. The number of amides is 3. The first-order valence-corrected chi connectivity index (χ1v) is 7.23. The van der Waals surface area contributed by atoms with Gasteiger partial charge in [0, 0.05) is 14.1 Å². The first-order chi connectivity index (χ1) is 9.47. The van der Waals surface area contributed by atoms with E-state index in [0.29, 0.717) is 6.42 Å². The fraction of sp³-hybridized carbons (Fsp3) is 0.667. The van der Waals surface area contributed by atoms with E-state index in [-0.39, 0.29) is 41.4 Å². The lowest BCUT2D eigenvalue weighted by Gasteiger charge is -2.28. The lowest BCUT2D eigenvalue weighted by atomic mass is 9.85. The Balaban J connectivity index is 1.91. The molecule has 0 aromatic carbocycles. The number of imide groups is 1. The third kappa shape index (κ3) is 1.58. The van der Waals surface area contributed by atoms with Gasteiger partial charge in [0.25, 0.3) is 0 Å². The molecule has 1 saturated carbocycles. The maximum absolute atomic E-state index is 12.6. The number of likely N-dealkylation sites (N-methyl/N-ethyl adjacent to an activating group) is 1. The summed E-state index contributed by atoms with van der Waals surface area (Å²) in [5.41, 5.74) is 0. The average Bonchev–Trinajstić information content (AvgIpc) is 3.07. The van der Waals surface area contributed by atoms with Crippen LogP contribution >= 0.6 is 0 Å². The summed E-state index contributed by atoms with van der Waals surface area (Å²) >= 11 is 0. The molecule has 1 aliphatic heterocycles. The minimum absolute atomic E-state index is 0.140. The lowest BCUT2D eigenvalue weighted by molar-refractivity contribution is -0.151. The summed E-state index contributed by atoms with van der Waals surface area (Å²) in [5.74, 6) is -0.507. The van der Waals surface area contributed by atoms with Crippen molar-refractivity contribution in [2.24, 2.45) is 23.7 Å². The number of fused-ring (bicyclic) bond motifs is 5. The quantitative estimate of drug-likeness (QED) is 0.562. The first kappa shape index (κ1) is 13.3. The van der Waals surface area contributed by atoms with Gasteiger partial charge < -0.3 is 4.90 Å². The van der Waals surface area contributed by atoms with Gasteiger partial charge in [0.15, 0.2) is 0 Å². The van der Waals surface area contributed by atoms with Gasteiger partial charge >= 0.3 is 0 Å². The van der Waals surface area contributed by atoms with Crippen molar-refractivity contribution in [3.8, 4) is 0 Å². The standard InChI is InChI=1S/C15H20N2O3/c1-4-10(13(18)16(2)3)17-14(19)11-8-5-6-9(7-8)12(11)15(17)20/h5-6,8-12H,4,7H2,1-3H3. The molecule has 0 aromatic rings. The minimum Gasteiger partial charge on any atom is -0.347 e. The largest absolute Gasteiger partial charge is 0.347 e. The molecule has 2 fully saturated rings. The van der Waals surface area contributed by atoms with E-state index < -0.39 is 6.04 Å². The fourth-order valence-corrected chi connectivity index (χ4v) is 4.00. The van der Waals surface area contributed by atoms with Crippen LogP contribution in [0, 0.1) is 23.7 Å². The zero-order chi connectivity index (χ0) is 14.6. The van der Waals surface area contributed by atoms with Crippen molar-refractivity contribution in [1.29, 1.82) is 0 Å². The highest BCUT2D eigenvalue weighted by molar-refractivity contribution is 6.09. The zero-order valence-corrected chi connectivity index (χ0v) is 12.1. The Kier molecular flexibility index (Phi) is 2.96. The SMILES string of the molecule is CCC(C(=O)N(C)C)N1C(=O)C2C3C=CC(C3)C2C1=O. The number of hydrogen-bond acceptors (Lipinski definition) is 3. The normalized spacial score (nSPS) is 35.6. The van der Waals surface area contributed by atoms with Crippen LogP contribution in [-0.2, 0) is 14.4 Å². The Morgan fingerprint density at radius 1 is 1.25 bits per heavy atom. The summed E-state index contributed by atoms with van der Waals surface area (Å²) in [7, 11) is 3.31. The average molecular weight is 276 g/mol. The summed E-state index contributed by atoms with van der Waals surface area (Å²) < 4.78 is 0. The van der Waals surface area contributed by atoms with Gasteiger partial charge in [-0.05, 0) is 24.7 Å². The summed E-state index contributed by atoms with van der Waals surface area (Å²) in [6.45, 7) is 1.84. The van der Waals surface area contributed by atoms with Gasteiger partial charge in [-0.15, -0.1) is 0 Å². The lowest BCUT2D eigenvalue weighted by Crippen LogP contribution is -2.49. The molecule has 108 valence electrons. The highest BCUT2D eigenvalue weighted by Gasteiger charge is 2.60. The molecule has 0 radical (unpaired) electrons. The molecule has 0 spiro atoms. The summed E-state index contributed by atoms with van der Waals surface area (Å²) in [5, 5.41) is 0. The van der Waals surface area contributed by atoms with Gasteiger partial charge in [-0.25, -0.2) is 0 Å². The van der Waals surface area contributed by atoms with Crippen molar-refractivity contribution in [1.82, 2.24) is 9.80 Å². The third-order valence-electron chi connectivity index (χ3n) is 4.93. The fourth-order valence-electron chi connectivity index (χ4n) is 4.00. The Labute approximate surface area is 118 Å². The topological polar surface area (TPSA) is 57.7 Å². The maximum atomic E-state index is 12.6. The van der Waals surface area contributed by atoms with Crippen molar-refractivity contribution < 1.29 is 14.4 Å². The summed E-state index contributed by atoms with van der Waals surface area (Å²) in [4.78, 5) is 40.2. The van der Waals surface area contributed by atoms with E-state index in [1.165, 1.54) is 9.80 Å². The summed E-state index contributed by atoms with van der Waals surface area (Å²) in [6.07, 6.45) is 5.51. The third-order valence-corrected chi connectivity index (χ3v) is 4.93. The Bertz CT molecular complexity index is 481. The molecule has 1 saturated heterocycles. The van der Waals surface area contributed by atoms with Gasteiger partial charge in [-0.1, -0.05) is 19.1 Å². The van der Waals surface area contributed by atoms with Crippen LogP contribution in [0.1, 0.15) is 19.8 Å². The van der Waals surface area contributed by atoms with Crippen molar-refractivity contribution in [3.63, 3.8) is 0 Å². The van der Waals surface area contributed by atoms with E-state index in [4.69, 9.17) is 0 Å². The Hall–Kier alpha value is -1.65. The number of hydrogen-bond donors (Lipinski definition) is 0. The van der Waals surface area contributed by atoms with E-state index in [0.717, 1.165) is 6.42 Å². The van der Waals surface area contributed by atoms with Crippen molar-refractivity contribution in [2.45, 2.75) is 25.8 Å². The molecule has 5 heteroatoms. The highest BCUT2D eigenvalue weighted by Crippen LogP contribution is 2.52. The van der Waals surface area contributed by atoms with Crippen LogP contribution in [0.15, 0.2) is 12.2 Å². The zero-order valence-electron chi connectivity index (χ0n) is 12.1. The van der Waals surface area contributed by atoms with Crippen LogP contribution in [0.25, 0.3) is 0 Å². The predicted octanol–water partition coefficient (Wildman–Crippen LogP) is 0.660. The molecule has 0 aromatic heterocycles. The number of carbonyl (C=O) groups excluding carboxylic acids is 3. The molecule has 5 nitrogen and oxygen atoms in total. The highest BCUT2D eigenvalue weighted by atomic mass is 16.2.